The van der Waals surface area contributed by atoms with Gasteiger partial charge in [0.15, 0.2) is 0 Å². The first-order chi connectivity index (χ1) is 9.49. The van der Waals surface area contributed by atoms with E-state index >= 15 is 0 Å². The minimum atomic E-state index is -0.660. The number of nitrogens with zero attached hydrogens (tertiary/aromatic N) is 1. The summed E-state index contributed by atoms with van der Waals surface area (Å²) in [6.45, 7) is -0.404. The predicted molar refractivity (Wildman–Crippen MR) is 79.1 cm³/mol. The Balaban J connectivity index is 2.22. The van der Waals surface area contributed by atoms with E-state index in [1.165, 1.54) is 6.20 Å². The van der Waals surface area contributed by atoms with Gasteiger partial charge in [-0.05, 0) is 28.1 Å². The number of carbonyl (C=O) groups is 1. The van der Waals surface area contributed by atoms with Gasteiger partial charge in [-0.2, -0.15) is 0 Å². The van der Waals surface area contributed by atoms with E-state index in [0.29, 0.717) is 10.7 Å². The van der Waals surface area contributed by atoms with Gasteiger partial charge in [-0.3, -0.25) is 9.59 Å². The third-order valence-electron chi connectivity index (χ3n) is 2.47. The molecule has 1 heterocycles. The monoisotopic (exact) mass is 357 g/mol. The van der Waals surface area contributed by atoms with E-state index in [4.69, 9.17) is 11.6 Å². The summed E-state index contributed by atoms with van der Waals surface area (Å²) < 4.78 is 0.957. The van der Waals surface area contributed by atoms with Crippen LogP contribution >= 0.6 is 27.5 Å². The van der Waals surface area contributed by atoms with Gasteiger partial charge in [-0.25, -0.2) is 9.36 Å². The number of amides is 1. The molecule has 6 nitrogen and oxygen atoms in total. The number of aromatic nitrogens is 2. The Labute approximate surface area is 126 Å². The lowest BCUT2D eigenvalue weighted by Crippen LogP contribution is -2.38. The molecule has 1 aromatic heterocycles. The molecule has 0 saturated heterocycles. The summed E-state index contributed by atoms with van der Waals surface area (Å²) in [5, 5.41) is 2.91. The summed E-state index contributed by atoms with van der Waals surface area (Å²) in [6.07, 6.45) is 1.23. The molecule has 0 atom stereocenters. The molecular formula is C12H9BrClN3O3. The number of hydrogen-bond acceptors (Lipinski definition) is 3. The maximum atomic E-state index is 11.9. The molecule has 0 saturated carbocycles. The molecule has 0 aliphatic carbocycles. The first-order valence-electron chi connectivity index (χ1n) is 5.51. The number of H-pyrrole nitrogens is 1. The van der Waals surface area contributed by atoms with Crippen molar-refractivity contribution < 1.29 is 4.79 Å². The first kappa shape index (κ1) is 14.5. The average molecular weight is 359 g/mol. The molecule has 0 radical (unpaired) electrons. The third kappa shape index (κ3) is 3.17. The molecule has 0 aliphatic rings. The van der Waals surface area contributed by atoms with E-state index in [1.807, 2.05) is 0 Å². The highest BCUT2D eigenvalue weighted by Gasteiger charge is 2.11. The van der Waals surface area contributed by atoms with Crippen LogP contribution in [0.5, 0.6) is 0 Å². The van der Waals surface area contributed by atoms with Crippen molar-refractivity contribution >= 4 is 39.1 Å². The van der Waals surface area contributed by atoms with Crippen molar-refractivity contribution in [2.75, 3.05) is 5.32 Å². The second-order valence-corrected chi connectivity index (χ2v) is 5.12. The third-order valence-corrected chi connectivity index (χ3v) is 3.36. The number of rotatable bonds is 3. The molecular weight excluding hydrogens is 350 g/mol. The van der Waals surface area contributed by atoms with Crippen molar-refractivity contribution in [3.05, 3.63) is 60.8 Å². The van der Waals surface area contributed by atoms with E-state index in [9.17, 15) is 14.4 Å². The molecule has 1 aromatic carbocycles. The lowest BCUT2D eigenvalue weighted by molar-refractivity contribution is -0.116. The van der Waals surface area contributed by atoms with Crippen molar-refractivity contribution in [3.63, 3.8) is 0 Å². The minimum absolute atomic E-state index is 0.169. The lowest BCUT2D eigenvalue weighted by Gasteiger charge is -2.08. The topological polar surface area (TPSA) is 84.0 Å². The molecule has 1 amide bonds. The van der Waals surface area contributed by atoms with Crippen molar-refractivity contribution in [3.8, 4) is 0 Å². The number of aromatic amines is 1. The summed E-state index contributed by atoms with van der Waals surface area (Å²) in [5.41, 5.74) is -0.825. The smallest absolute Gasteiger partial charge is 0.323 e. The van der Waals surface area contributed by atoms with Gasteiger partial charge < -0.3 is 10.3 Å². The molecule has 2 rings (SSSR count). The Hall–Kier alpha value is -1.86. The predicted octanol–water partition coefficient (Wildman–Crippen LogP) is 1.59. The molecule has 104 valence electrons. The number of anilines is 1. The van der Waals surface area contributed by atoms with Crippen LogP contribution in [-0.4, -0.2) is 15.5 Å². The van der Waals surface area contributed by atoms with Crippen LogP contribution in [0.4, 0.5) is 5.69 Å². The zero-order valence-corrected chi connectivity index (χ0v) is 12.4. The largest absolute Gasteiger partial charge is 0.328 e. The zero-order valence-electron chi connectivity index (χ0n) is 10.0. The average Bonchev–Trinajstić information content (AvgIpc) is 2.42. The minimum Gasteiger partial charge on any atom is -0.323 e. The SMILES string of the molecule is O=C(Cn1c(=O)[nH]cc(Br)c1=O)Nc1ccccc1Cl. The van der Waals surface area contributed by atoms with E-state index in [2.05, 4.69) is 26.2 Å². The molecule has 0 spiro atoms. The number of nitrogens with one attached hydrogen (secondary N) is 2. The van der Waals surface area contributed by atoms with Crippen LogP contribution in [0.1, 0.15) is 0 Å². The van der Waals surface area contributed by atoms with Gasteiger partial charge in [0, 0.05) is 6.20 Å². The Bertz CT molecular complexity index is 769. The first-order valence-corrected chi connectivity index (χ1v) is 6.68. The fourth-order valence-electron chi connectivity index (χ4n) is 1.53. The number of para-hydroxylation sites is 1. The molecule has 8 heteroatoms. The maximum Gasteiger partial charge on any atom is 0.328 e. The summed E-state index contributed by atoms with van der Waals surface area (Å²) in [4.78, 5) is 37.5. The van der Waals surface area contributed by atoms with Crippen LogP contribution in [-0.2, 0) is 11.3 Å². The summed E-state index contributed by atoms with van der Waals surface area (Å²) in [5.74, 6) is -0.524. The summed E-state index contributed by atoms with van der Waals surface area (Å²) in [7, 11) is 0. The van der Waals surface area contributed by atoms with Gasteiger partial charge >= 0.3 is 5.69 Å². The molecule has 0 unspecified atom stereocenters. The van der Waals surface area contributed by atoms with Gasteiger partial charge in [0.25, 0.3) is 5.56 Å². The van der Waals surface area contributed by atoms with Crippen molar-refractivity contribution in [2.24, 2.45) is 0 Å². The zero-order chi connectivity index (χ0) is 14.7. The van der Waals surface area contributed by atoms with E-state index in [1.54, 1.807) is 24.3 Å². The molecule has 20 heavy (non-hydrogen) atoms. The second-order valence-electron chi connectivity index (χ2n) is 3.86. The quantitative estimate of drug-likeness (QED) is 0.874. The fraction of sp³-hybridized carbons (Fsp3) is 0.0833. The van der Waals surface area contributed by atoms with E-state index in [-0.39, 0.29) is 4.47 Å². The highest BCUT2D eigenvalue weighted by atomic mass is 79.9. The molecule has 0 aliphatic heterocycles. The highest BCUT2D eigenvalue weighted by Crippen LogP contribution is 2.20. The molecule has 2 N–H and O–H groups in total. The second kappa shape index (κ2) is 6.06. The van der Waals surface area contributed by atoms with Gasteiger partial charge in [0.2, 0.25) is 5.91 Å². The van der Waals surface area contributed by atoms with Crippen molar-refractivity contribution in [1.29, 1.82) is 0 Å². The van der Waals surface area contributed by atoms with Crippen LogP contribution in [0, 0.1) is 0 Å². The molecule has 0 fully saturated rings. The normalized spacial score (nSPS) is 10.3. The van der Waals surface area contributed by atoms with Crippen LogP contribution in [0.25, 0.3) is 0 Å². The molecule has 2 aromatic rings. The van der Waals surface area contributed by atoms with Gasteiger partial charge in [0.05, 0.1) is 15.2 Å². The Morgan fingerprint density at radius 3 is 2.75 bits per heavy atom. The number of halogens is 2. The van der Waals surface area contributed by atoms with Gasteiger partial charge in [-0.15, -0.1) is 0 Å². The lowest BCUT2D eigenvalue weighted by atomic mass is 10.3. The number of benzene rings is 1. The van der Waals surface area contributed by atoms with Crippen molar-refractivity contribution in [2.45, 2.75) is 6.54 Å². The Morgan fingerprint density at radius 2 is 2.05 bits per heavy atom. The Morgan fingerprint density at radius 1 is 1.35 bits per heavy atom. The summed E-state index contributed by atoms with van der Waals surface area (Å²) >= 11 is 8.89. The highest BCUT2D eigenvalue weighted by molar-refractivity contribution is 9.10. The summed E-state index contributed by atoms with van der Waals surface area (Å²) in [6, 6.07) is 6.67. The number of hydrogen-bond donors (Lipinski definition) is 2. The fourth-order valence-corrected chi connectivity index (χ4v) is 2.04. The standard InChI is InChI=1S/C12H9BrClN3O3/c13-7-5-15-12(20)17(11(7)19)6-10(18)16-9-4-2-1-3-8(9)14/h1-5H,6H2,(H,15,20)(H,16,18). The maximum absolute atomic E-state index is 11.9. The number of carbonyl (C=O) groups excluding carboxylic acids is 1. The van der Waals surface area contributed by atoms with Crippen LogP contribution in [0.2, 0.25) is 5.02 Å². The van der Waals surface area contributed by atoms with E-state index < -0.39 is 23.7 Å². The van der Waals surface area contributed by atoms with Gasteiger partial charge in [-0.1, -0.05) is 23.7 Å². The van der Waals surface area contributed by atoms with Gasteiger partial charge in [0.1, 0.15) is 6.54 Å². The van der Waals surface area contributed by atoms with Crippen LogP contribution < -0.4 is 16.6 Å². The Kier molecular flexibility index (Phi) is 4.41. The van der Waals surface area contributed by atoms with Crippen LogP contribution in [0.3, 0.4) is 0 Å². The molecule has 0 bridgehead atoms. The van der Waals surface area contributed by atoms with Crippen LogP contribution in [0.15, 0.2) is 44.5 Å². The van der Waals surface area contributed by atoms with E-state index in [0.717, 1.165) is 4.57 Å². The van der Waals surface area contributed by atoms with Crippen molar-refractivity contribution in [1.82, 2.24) is 9.55 Å².